The Hall–Kier alpha value is -1.61. The van der Waals surface area contributed by atoms with Crippen LogP contribution in [0, 0.1) is 5.92 Å². The Morgan fingerprint density at radius 1 is 1.29 bits per heavy atom. The SMILES string of the molecule is CCS(=O)(=O)N1CCCC(C(=O)Nc2ccc(C(F)(F)F)cc2)C1. The van der Waals surface area contributed by atoms with E-state index in [1.165, 1.54) is 16.4 Å². The summed E-state index contributed by atoms with van der Waals surface area (Å²) in [6, 6.07) is 4.16. The molecule has 0 aliphatic carbocycles. The number of rotatable bonds is 4. The fourth-order valence-electron chi connectivity index (χ4n) is 2.58. The first-order valence-corrected chi connectivity index (χ1v) is 9.20. The zero-order valence-electron chi connectivity index (χ0n) is 13.1. The number of hydrogen-bond acceptors (Lipinski definition) is 3. The molecule has 0 spiro atoms. The number of benzene rings is 1. The Morgan fingerprint density at radius 3 is 2.46 bits per heavy atom. The minimum absolute atomic E-state index is 0.0275. The standard InChI is InChI=1S/C15H19F3N2O3S/c1-2-24(22,23)20-9-3-4-11(10-20)14(21)19-13-7-5-12(6-8-13)15(16,17)18/h5-8,11H,2-4,9-10H2,1H3,(H,19,21). The molecule has 1 aliphatic heterocycles. The van der Waals surface area contributed by atoms with Crippen LogP contribution in [-0.4, -0.2) is 37.5 Å². The third-order valence-corrected chi connectivity index (χ3v) is 5.84. The van der Waals surface area contributed by atoms with Crippen LogP contribution in [0.25, 0.3) is 0 Å². The molecule has 9 heteroatoms. The average molecular weight is 364 g/mol. The number of carbonyl (C=O) groups excluding carboxylic acids is 1. The predicted molar refractivity (Wildman–Crippen MR) is 83.8 cm³/mol. The topological polar surface area (TPSA) is 66.5 Å². The van der Waals surface area contributed by atoms with Crippen molar-refractivity contribution < 1.29 is 26.4 Å². The van der Waals surface area contributed by atoms with Crippen molar-refractivity contribution in [3.8, 4) is 0 Å². The van der Waals surface area contributed by atoms with Gasteiger partial charge in [0.05, 0.1) is 17.2 Å². The Bertz CT molecular complexity index is 687. The lowest BCUT2D eigenvalue weighted by Gasteiger charge is -2.30. The smallest absolute Gasteiger partial charge is 0.326 e. The second kappa shape index (κ2) is 7.10. The van der Waals surface area contributed by atoms with E-state index in [0.29, 0.717) is 19.4 Å². The summed E-state index contributed by atoms with van der Waals surface area (Å²) in [4.78, 5) is 12.3. The van der Waals surface area contributed by atoms with Crippen LogP contribution in [0.15, 0.2) is 24.3 Å². The van der Waals surface area contributed by atoms with Crippen molar-refractivity contribution in [2.75, 3.05) is 24.2 Å². The van der Waals surface area contributed by atoms with Crippen molar-refractivity contribution in [1.82, 2.24) is 4.31 Å². The van der Waals surface area contributed by atoms with Gasteiger partial charge in [-0.25, -0.2) is 12.7 Å². The van der Waals surface area contributed by atoms with Crippen LogP contribution < -0.4 is 5.32 Å². The third kappa shape index (κ3) is 4.47. The Balaban J connectivity index is 2.02. The van der Waals surface area contributed by atoms with Gasteiger partial charge in [0.1, 0.15) is 0 Å². The van der Waals surface area contributed by atoms with Crippen LogP contribution in [0.5, 0.6) is 0 Å². The second-order valence-corrected chi connectivity index (χ2v) is 7.92. The van der Waals surface area contributed by atoms with Crippen LogP contribution in [0.3, 0.4) is 0 Å². The zero-order valence-corrected chi connectivity index (χ0v) is 14.0. The summed E-state index contributed by atoms with van der Waals surface area (Å²) in [7, 11) is -3.35. The van der Waals surface area contributed by atoms with Gasteiger partial charge in [-0.1, -0.05) is 0 Å². The number of anilines is 1. The van der Waals surface area contributed by atoms with Gasteiger partial charge in [-0.15, -0.1) is 0 Å². The molecule has 1 heterocycles. The molecule has 1 saturated heterocycles. The van der Waals surface area contributed by atoms with Crippen LogP contribution in [0.4, 0.5) is 18.9 Å². The monoisotopic (exact) mass is 364 g/mol. The lowest BCUT2D eigenvalue weighted by molar-refractivity contribution is -0.137. The van der Waals surface area contributed by atoms with Gasteiger partial charge in [0.25, 0.3) is 0 Å². The van der Waals surface area contributed by atoms with E-state index in [1.807, 2.05) is 0 Å². The highest BCUT2D eigenvalue weighted by Crippen LogP contribution is 2.30. The number of nitrogens with one attached hydrogen (secondary N) is 1. The lowest BCUT2D eigenvalue weighted by Crippen LogP contribution is -2.44. The normalized spacial score (nSPS) is 19.9. The van der Waals surface area contributed by atoms with E-state index in [-0.39, 0.29) is 23.9 Å². The number of sulfonamides is 1. The highest BCUT2D eigenvalue weighted by molar-refractivity contribution is 7.89. The summed E-state index contributed by atoms with van der Waals surface area (Å²) in [5, 5.41) is 2.55. The summed E-state index contributed by atoms with van der Waals surface area (Å²) in [5.41, 5.74) is -0.540. The van der Waals surface area contributed by atoms with Crippen molar-refractivity contribution in [2.45, 2.75) is 25.9 Å². The van der Waals surface area contributed by atoms with E-state index < -0.39 is 27.7 Å². The maximum atomic E-state index is 12.5. The molecule has 5 nitrogen and oxygen atoms in total. The highest BCUT2D eigenvalue weighted by atomic mass is 32.2. The van der Waals surface area contributed by atoms with Crippen LogP contribution >= 0.6 is 0 Å². The molecule has 1 atom stereocenters. The number of nitrogens with zero attached hydrogens (tertiary/aromatic N) is 1. The van der Waals surface area contributed by atoms with Gasteiger partial charge in [0.2, 0.25) is 15.9 Å². The number of amides is 1. The van der Waals surface area contributed by atoms with Gasteiger partial charge in [-0.05, 0) is 44.0 Å². The second-order valence-electron chi connectivity index (χ2n) is 5.66. The largest absolute Gasteiger partial charge is 0.416 e. The number of halogens is 3. The molecule has 0 radical (unpaired) electrons. The molecule has 1 aromatic carbocycles. The quantitative estimate of drug-likeness (QED) is 0.893. The number of hydrogen-bond donors (Lipinski definition) is 1. The number of carbonyl (C=O) groups is 1. The van der Waals surface area contributed by atoms with Crippen molar-refractivity contribution in [3.63, 3.8) is 0 Å². The average Bonchev–Trinajstić information content (AvgIpc) is 2.54. The molecule has 1 unspecified atom stereocenters. The third-order valence-electron chi connectivity index (χ3n) is 3.99. The first-order valence-electron chi connectivity index (χ1n) is 7.59. The van der Waals surface area contributed by atoms with Crippen molar-refractivity contribution >= 4 is 21.6 Å². The zero-order chi connectivity index (χ0) is 18.0. The molecule has 24 heavy (non-hydrogen) atoms. The van der Waals surface area contributed by atoms with Crippen LogP contribution in [0.1, 0.15) is 25.3 Å². The molecule has 134 valence electrons. The van der Waals surface area contributed by atoms with E-state index in [1.54, 1.807) is 6.92 Å². The van der Waals surface area contributed by atoms with Gasteiger partial charge in [-0.3, -0.25) is 4.79 Å². The molecule has 0 aromatic heterocycles. The Labute approximate surface area is 138 Å². The molecule has 1 aliphatic rings. The summed E-state index contributed by atoms with van der Waals surface area (Å²) in [6.45, 7) is 2.03. The van der Waals surface area contributed by atoms with Gasteiger partial charge in [0, 0.05) is 18.8 Å². The molecule has 1 fully saturated rings. The van der Waals surface area contributed by atoms with Crippen molar-refractivity contribution in [3.05, 3.63) is 29.8 Å². The summed E-state index contributed by atoms with van der Waals surface area (Å²) in [6.07, 6.45) is -3.31. The minimum atomic E-state index is -4.43. The first kappa shape index (κ1) is 18.7. The number of piperidine rings is 1. The molecule has 2 rings (SSSR count). The van der Waals surface area contributed by atoms with E-state index in [9.17, 15) is 26.4 Å². The highest BCUT2D eigenvalue weighted by Gasteiger charge is 2.32. The number of alkyl halides is 3. The maximum absolute atomic E-state index is 12.5. The Kier molecular flexibility index (Phi) is 5.54. The molecule has 1 N–H and O–H groups in total. The molecular weight excluding hydrogens is 345 g/mol. The van der Waals surface area contributed by atoms with Crippen molar-refractivity contribution in [2.24, 2.45) is 5.92 Å². The first-order chi connectivity index (χ1) is 11.1. The van der Waals surface area contributed by atoms with Gasteiger partial charge in [0.15, 0.2) is 0 Å². The molecule has 0 saturated carbocycles. The summed E-state index contributed by atoms with van der Waals surface area (Å²) < 4.78 is 62.6. The van der Waals surface area contributed by atoms with Gasteiger partial charge in [-0.2, -0.15) is 13.2 Å². The van der Waals surface area contributed by atoms with E-state index in [4.69, 9.17) is 0 Å². The lowest BCUT2D eigenvalue weighted by atomic mass is 9.98. The van der Waals surface area contributed by atoms with Crippen molar-refractivity contribution in [1.29, 1.82) is 0 Å². The molecule has 1 amide bonds. The minimum Gasteiger partial charge on any atom is -0.326 e. The molecular formula is C15H19F3N2O3S. The fraction of sp³-hybridized carbons (Fsp3) is 0.533. The molecule has 0 bridgehead atoms. The van der Waals surface area contributed by atoms with Gasteiger partial charge >= 0.3 is 6.18 Å². The van der Waals surface area contributed by atoms with Crippen LogP contribution in [-0.2, 0) is 21.0 Å². The van der Waals surface area contributed by atoms with E-state index in [2.05, 4.69) is 5.32 Å². The van der Waals surface area contributed by atoms with Crippen LogP contribution in [0.2, 0.25) is 0 Å². The van der Waals surface area contributed by atoms with Gasteiger partial charge < -0.3 is 5.32 Å². The predicted octanol–water partition coefficient (Wildman–Crippen LogP) is 2.71. The Morgan fingerprint density at radius 2 is 1.92 bits per heavy atom. The fourth-order valence-corrected chi connectivity index (χ4v) is 3.76. The maximum Gasteiger partial charge on any atom is 0.416 e. The summed E-state index contributed by atoms with van der Waals surface area (Å²) >= 11 is 0. The molecule has 1 aromatic rings. The van der Waals surface area contributed by atoms with E-state index in [0.717, 1.165) is 12.1 Å². The summed E-state index contributed by atoms with van der Waals surface area (Å²) in [5.74, 6) is -0.923. The van der Waals surface area contributed by atoms with E-state index >= 15 is 0 Å².